The third kappa shape index (κ3) is 5.13. The number of alkyl halides is 3. The summed E-state index contributed by atoms with van der Waals surface area (Å²) in [4.78, 5) is 14.9. The van der Waals surface area contributed by atoms with Gasteiger partial charge in [0.2, 0.25) is 0 Å². The van der Waals surface area contributed by atoms with E-state index in [1.807, 2.05) is 6.07 Å². The summed E-state index contributed by atoms with van der Waals surface area (Å²) in [7, 11) is -3.25. The maximum atomic E-state index is 13.4. The lowest BCUT2D eigenvalue weighted by Crippen LogP contribution is -2.40. The number of nitrogens with zero attached hydrogens (tertiary/aromatic N) is 1. The highest BCUT2D eigenvalue weighted by Gasteiger charge is 2.36. The van der Waals surface area contributed by atoms with Crippen LogP contribution in [0.15, 0.2) is 65.1 Å². The fourth-order valence-electron chi connectivity index (χ4n) is 3.99. The largest absolute Gasteiger partial charge is 0.459 e. The van der Waals surface area contributed by atoms with Gasteiger partial charge in [0.05, 0.1) is 23.6 Å². The number of hydrogen-bond acceptors (Lipinski definition) is 4. The lowest BCUT2D eigenvalue weighted by molar-refractivity contribution is -0.137. The van der Waals surface area contributed by atoms with Crippen LogP contribution < -0.4 is 0 Å². The second-order valence-electron chi connectivity index (χ2n) is 8.15. The predicted molar refractivity (Wildman–Crippen MR) is 117 cm³/mol. The van der Waals surface area contributed by atoms with Gasteiger partial charge in [-0.3, -0.25) is 4.79 Å². The molecule has 0 radical (unpaired) electrons. The van der Waals surface area contributed by atoms with Crippen molar-refractivity contribution in [3.05, 3.63) is 83.1 Å². The van der Waals surface area contributed by atoms with E-state index >= 15 is 0 Å². The van der Waals surface area contributed by atoms with Crippen LogP contribution in [0.2, 0.25) is 0 Å². The van der Waals surface area contributed by atoms with Crippen molar-refractivity contribution in [1.82, 2.24) is 4.90 Å². The van der Waals surface area contributed by atoms with Gasteiger partial charge in [-0.2, -0.15) is 13.2 Å². The maximum Gasteiger partial charge on any atom is 0.416 e. The molecular formula is C24H22F3NO4S. The van der Waals surface area contributed by atoms with Crippen LogP contribution >= 0.6 is 0 Å². The fourth-order valence-corrected chi connectivity index (χ4v) is 5.72. The van der Waals surface area contributed by atoms with Crippen LogP contribution in [0.4, 0.5) is 13.2 Å². The molecule has 174 valence electrons. The quantitative estimate of drug-likeness (QED) is 0.513. The van der Waals surface area contributed by atoms with Crippen LogP contribution in [0.25, 0.3) is 11.3 Å². The van der Waals surface area contributed by atoms with Crippen molar-refractivity contribution < 1.29 is 30.8 Å². The van der Waals surface area contributed by atoms with Crippen LogP contribution in [0.3, 0.4) is 0 Å². The van der Waals surface area contributed by atoms with E-state index in [9.17, 15) is 26.4 Å². The van der Waals surface area contributed by atoms with E-state index in [0.29, 0.717) is 17.7 Å². The topological polar surface area (TPSA) is 67.6 Å². The maximum absolute atomic E-state index is 13.4. The molecule has 9 heteroatoms. The zero-order valence-electron chi connectivity index (χ0n) is 17.8. The molecule has 0 aliphatic carbocycles. The highest BCUT2D eigenvalue weighted by Crippen LogP contribution is 2.33. The van der Waals surface area contributed by atoms with Gasteiger partial charge < -0.3 is 9.32 Å². The average molecular weight is 478 g/mol. The van der Waals surface area contributed by atoms with Crippen LogP contribution in [0.5, 0.6) is 0 Å². The van der Waals surface area contributed by atoms with Gasteiger partial charge in [0, 0.05) is 17.2 Å². The molecule has 1 aliphatic rings. The zero-order chi connectivity index (χ0) is 23.8. The highest BCUT2D eigenvalue weighted by molar-refractivity contribution is 7.91. The zero-order valence-corrected chi connectivity index (χ0v) is 18.6. The summed E-state index contributed by atoms with van der Waals surface area (Å²) in [6, 6.07) is 14.5. The summed E-state index contributed by atoms with van der Waals surface area (Å²) in [6.07, 6.45) is -4.16. The molecule has 0 bridgehead atoms. The summed E-state index contributed by atoms with van der Waals surface area (Å²) < 4.78 is 69.1. The van der Waals surface area contributed by atoms with E-state index < -0.39 is 27.6 Å². The number of rotatable bonds is 5. The molecule has 1 atom stereocenters. The minimum absolute atomic E-state index is 0.00284. The van der Waals surface area contributed by atoms with Gasteiger partial charge in [0.25, 0.3) is 5.91 Å². The lowest BCUT2D eigenvalue weighted by atomic mass is 10.1. The number of sulfone groups is 1. The molecule has 1 unspecified atom stereocenters. The van der Waals surface area contributed by atoms with Crippen LogP contribution in [-0.4, -0.2) is 36.8 Å². The molecule has 5 nitrogen and oxygen atoms in total. The molecule has 2 heterocycles. The minimum Gasteiger partial charge on any atom is -0.459 e. The van der Waals surface area contributed by atoms with Crippen LogP contribution in [0.1, 0.15) is 33.7 Å². The normalized spacial score (nSPS) is 17.8. The Kier molecular flexibility index (Phi) is 6.09. The van der Waals surface area contributed by atoms with Crippen molar-refractivity contribution in [2.24, 2.45) is 0 Å². The molecule has 0 spiro atoms. The first-order valence-electron chi connectivity index (χ1n) is 10.4. The molecule has 1 saturated heterocycles. The fraction of sp³-hybridized carbons (Fsp3) is 0.292. The molecule has 33 heavy (non-hydrogen) atoms. The Balaban J connectivity index is 1.63. The number of aryl methyl sites for hydroxylation is 1. The summed E-state index contributed by atoms with van der Waals surface area (Å²) in [5.74, 6) is 0.147. The Morgan fingerprint density at radius 2 is 1.85 bits per heavy atom. The molecular weight excluding hydrogens is 455 g/mol. The second kappa shape index (κ2) is 8.70. The van der Waals surface area contributed by atoms with Crippen molar-refractivity contribution in [3.63, 3.8) is 0 Å². The first-order chi connectivity index (χ1) is 15.5. The number of halogens is 3. The third-order valence-corrected chi connectivity index (χ3v) is 7.50. The van der Waals surface area contributed by atoms with E-state index in [1.165, 1.54) is 17.0 Å². The molecule has 1 aliphatic heterocycles. The van der Waals surface area contributed by atoms with Gasteiger partial charge in [0.15, 0.2) is 9.84 Å². The molecule has 0 N–H and O–H groups in total. The van der Waals surface area contributed by atoms with E-state index in [1.54, 1.807) is 37.3 Å². The van der Waals surface area contributed by atoms with Crippen LogP contribution in [-0.2, 0) is 22.6 Å². The molecule has 1 aromatic heterocycles. The number of furan rings is 1. The van der Waals surface area contributed by atoms with Crippen LogP contribution in [0, 0.1) is 6.92 Å². The van der Waals surface area contributed by atoms with Crippen molar-refractivity contribution in [2.75, 3.05) is 11.5 Å². The van der Waals surface area contributed by atoms with Gasteiger partial charge in [-0.1, -0.05) is 30.3 Å². The molecule has 4 rings (SSSR count). The van der Waals surface area contributed by atoms with E-state index in [4.69, 9.17) is 4.42 Å². The van der Waals surface area contributed by atoms with Crippen molar-refractivity contribution in [1.29, 1.82) is 0 Å². The van der Waals surface area contributed by atoms with Gasteiger partial charge in [-0.25, -0.2) is 8.42 Å². The number of carbonyl (C=O) groups is 1. The monoisotopic (exact) mass is 477 g/mol. The summed E-state index contributed by atoms with van der Waals surface area (Å²) in [6.45, 7) is 1.81. The number of hydrogen-bond donors (Lipinski definition) is 0. The Morgan fingerprint density at radius 1 is 1.09 bits per heavy atom. The summed E-state index contributed by atoms with van der Waals surface area (Å²) >= 11 is 0. The SMILES string of the molecule is Cc1ccccc1C(=O)N(Cc1ccc(-c2cccc(C(F)(F)F)c2)o1)C1CCS(=O)(=O)C1. The average Bonchev–Trinajstić information content (AvgIpc) is 3.37. The molecule has 3 aromatic rings. The van der Waals surface area contributed by atoms with Gasteiger partial charge >= 0.3 is 6.18 Å². The number of benzene rings is 2. The van der Waals surface area contributed by atoms with E-state index in [2.05, 4.69) is 0 Å². The predicted octanol–water partition coefficient (Wildman–Crippen LogP) is 5.10. The third-order valence-electron chi connectivity index (χ3n) is 5.75. The smallest absolute Gasteiger partial charge is 0.416 e. The molecule has 0 saturated carbocycles. The van der Waals surface area contributed by atoms with Gasteiger partial charge in [0.1, 0.15) is 11.5 Å². The van der Waals surface area contributed by atoms with Crippen molar-refractivity contribution >= 4 is 15.7 Å². The number of amides is 1. The molecule has 1 fully saturated rings. The van der Waals surface area contributed by atoms with Gasteiger partial charge in [-0.15, -0.1) is 0 Å². The first-order valence-corrected chi connectivity index (χ1v) is 12.2. The van der Waals surface area contributed by atoms with Crippen molar-refractivity contribution in [2.45, 2.75) is 32.1 Å². The molecule has 1 amide bonds. The lowest BCUT2D eigenvalue weighted by Gasteiger charge is -2.28. The number of carbonyl (C=O) groups excluding carboxylic acids is 1. The molecule has 2 aromatic carbocycles. The van der Waals surface area contributed by atoms with E-state index in [-0.39, 0.29) is 35.3 Å². The first kappa shape index (κ1) is 23.1. The Morgan fingerprint density at radius 3 is 2.52 bits per heavy atom. The summed E-state index contributed by atoms with van der Waals surface area (Å²) in [5, 5.41) is 0. The van der Waals surface area contributed by atoms with Crippen molar-refractivity contribution in [3.8, 4) is 11.3 Å². The Bertz CT molecular complexity index is 1280. The van der Waals surface area contributed by atoms with E-state index in [0.717, 1.165) is 17.7 Å². The standard InChI is InChI=1S/C24H22F3NO4S/c1-16-5-2-3-8-21(16)23(29)28(19-11-12-33(30,31)15-19)14-20-9-10-22(32-20)17-6-4-7-18(13-17)24(25,26)27/h2-10,13,19H,11-12,14-15H2,1H3. The summed E-state index contributed by atoms with van der Waals surface area (Å²) in [5.41, 5.74) is 0.700. The van der Waals surface area contributed by atoms with Gasteiger partial charge in [-0.05, 0) is 49.2 Å². The minimum atomic E-state index is -4.48. The Labute approximate surface area is 189 Å². The second-order valence-corrected chi connectivity index (χ2v) is 10.4. The Hall–Kier alpha value is -3.07. The highest BCUT2D eigenvalue weighted by atomic mass is 32.2.